The van der Waals surface area contributed by atoms with Gasteiger partial charge in [-0.15, -0.1) is 4.99 Å². The molecule has 1 aliphatic carbocycles. The van der Waals surface area contributed by atoms with Crippen molar-refractivity contribution < 1.29 is 14.8 Å². The molecule has 3 N–H and O–H groups in total. The summed E-state index contributed by atoms with van der Waals surface area (Å²) in [4.78, 5) is 34.2. The van der Waals surface area contributed by atoms with Crippen molar-refractivity contribution in [3.63, 3.8) is 0 Å². The summed E-state index contributed by atoms with van der Waals surface area (Å²) < 4.78 is 0. The van der Waals surface area contributed by atoms with E-state index >= 15 is 0 Å². The molecule has 2 saturated heterocycles. The standard InChI is InChI=1S/C24H30N8O3/c1-16-12-17(13-25)2-5-21(16)30-8-10-31(11-9-30)22(33)19-6-7-27-14-20(19)23(34)32(35)24(28-15-26)29-18-3-4-18/h2,5,12,18-20,27,35H,3-4,6-11,14H2,1H3,(H,28,29)/t19-,20-/m0/s1. The maximum absolute atomic E-state index is 13.5. The van der Waals surface area contributed by atoms with Crippen molar-refractivity contribution in [2.75, 3.05) is 44.2 Å². The Hall–Kier alpha value is -3.67. The lowest BCUT2D eigenvalue weighted by Crippen LogP contribution is -2.57. The van der Waals surface area contributed by atoms with Gasteiger partial charge in [-0.3, -0.25) is 14.8 Å². The second-order valence-corrected chi connectivity index (χ2v) is 9.24. The van der Waals surface area contributed by atoms with Crippen LogP contribution >= 0.6 is 0 Å². The molecule has 35 heavy (non-hydrogen) atoms. The smallest absolute Gasteiger partial charge is 0.258 e. The summed E-state index contributed by atoms with van der Waals surface area (Å²) in [6.07, 6.45) is 3.86. The Bertz CT molecular complexity index is 1080. The third-order valence-corrected chi connectivity index (χ3v) is 6.85. The van der Waals surface area contributed by atoms with Crippen LogP contribution in [0.4, 0.5) is 5.69 Å². The second kappa shape index (κ2) is 10.7. The summed E-state index contributed by atoms with van der Waals surface area (Å²) in [6.45, 7) is 5.20. The van der Waals surface area contributed by atoms with Gasteiger partial charge in [-0.1, -0.05) is 0 Å². The van der Waals surface area contributed by atoms with Gasteiger partial charge in [-0.05, 0) is 56.5 Å². The first kappa shape index (κ1) is 24.5. The van der Waals surface area contributed by atoms with Crippen LogP contribution in [-0.2, 0) is 9.59 Å². The number of nitriles is 2. The predicted molar refractivity (Wildman–Crippen MR) is 127 cm³/mol. The number of rotatable bonds is 4. The number of hydrogen-bond donors (Lipinski definition) is 3. The zero-order valence-corrected chi connectivity index (χ0v) is 19.8. The van der Waals surface area contributed by atoms with Crippen LogP contribution < -0.4 is 15.5 Å². The van der Waals surface area contributed by atoms with E-state index in [-0.39, 0.29) is 24.5 Å². The van der Waals surface area contributed by atoms with E-state index in [9.17, 15) is 14.8 Å². The number of aryl methyl sites for hydroxylation is 1. The lowest BCUT2D eigenvalue weighted by atomic mass is 9.84. The number of benzene rings is 1. The van der Waals surface area contributed by atoms with Gasteiger partial charge in [-0.25, -0.2) is 0 Å². The minimum Gasteiger partial charge on any atom is -0.368 e. The van der Waals surface area contributed by atoms with Crippen molar-refractivity contribution in [2.24, 2.45) is 16.8 Å². The van der Waals surface area contributed by atoms with Gasteiger partial charge < -0.3 is 20.4 Å². The van der Waals surface area contributed by atoms with Crippen LogP contribution in [0.25, 0.3) is 0 Å². The van der Waals surface area contributed by atoms with Gasteiger partial charge in [0.2, 0.25) is 18.1 Å². The largest absolute Gasteiger partial charge is 0.368 e. The fourth-order valence-corrected chi connectivity index (χ4v) is 4.76. The second-order valence-electron chi connectivity index (χ2n) is 9.24. The number of amides is 2. The van der Waals surface area contributed by atoms with Crippen molar-refractivity contribution in [1.82, 2.24) is 20.6 Å². The molecule has 4 rings (SSSR count). The first-order chi connectivity index (χ1) is 16.9. The van der Waals surface area contributed by atoms with E-state index in [4.69, 9.17) is 10.5 Å². The summed E-state index contributed by atoms with van der Waals surface area (Å²) in [6, 6.07) is 7.84. The highest BCUT2D eigenvalue weighted by Gasteiger charge is 2.41. The Kier molecular flexibility index (Phi) is 7.49. The first-order valence-electron chi connectivity index (χ1n) is 11.9. The minimum atomic E-state index is -0.759. The molecule has 2 aliphatic heterocycles. The van der Waals surface area contributed by atoms with Gasteiger partial charge in [0.25, 0.3) is 5.91 Å². The van der Waals surface area contributed by atoms with Gasteiger partial charge in [-0.2, -0.15) is 15.6 Å². The number of guanidine groups is 1. The molecule has 1 saturated carbocycles. The molecule has 3 fully saturated rings. The van der Waals surface area contributed by atoms with Gasteiger partial charge in [0, 0.05) is 44.5 Å². The van der Waals surface area contributed by atoms with E-state index in [1.165, 1.54) is 0 Å². The highest BCUT2D eigenvalue weighted by molar-refractivity contribution is 5.99. The van der Waals surface area contributed by atoms with Gasteiger partial charge in [0.1, 0.15) is 0 Å². The highest BCUT2D eigenvalue weighted by Crippen LogP contribution is 2.27. The van der Waals surface area contributed by atoms with Crippen LogP contribution in [-0.4, -0.2) is 78.3 Å². The zero-order chi connectivity index (χ0) is 24.9. The van der Waals surface area contributed by atoms with E-state index in [0.717, 1.165) is 24.1 Å². The van der Waals surface area contributed by atoms with E-state index in [0.29, 0.717) is 49.8 Å². The highest BCUT2D eigenvalue weighted by atomic mass is 16.5. The summed E-state index contributed by atoms with van der Waals surface area (Å²) >= 11 is 0. The fourth-order valence-electron chi connectivity index (χ4n) is 4.76. The van der Waals surface area contributed by atoms with Crippen LogP contribution in [0.15, 0.2) is 23.2 Å². The number of anilines is 1. The lowest BCUT2D eigenvalue weighted by molar-refractivity contribution is -0.161. The van der Waals surface area contributed by atoms with E-state index < -0.39 is 17.7 Å². The number of piperazine rings is 1. The molecule has 3 aliphatic rings. The topological polar surface area (TPSA) is 148 Å². The Balaban J connectivity index is 1.40. The molecule has 0 radical (unpaired) electrons. The Labute approximate surface area is 204 Å². The van der Waals surface area contributed by atoms with Gasteiger partial charge in [0.15, 0.2) is 0 Å². The van der Waals surface area contributed by atoms with Crippen LogP contribution in [0.2, 0.25) is 0 Å². The van der Waals surface area contributed by atoms with Crippen molar-refractivity contribution in [1.29, 1.82) is 10.5 Å². The SMILES string of the molecule is Cc1cc(C#N)ccc1N1CCN(C(=O)[C@H]2CCNC[C@@H]2C(=O)N(O)/C(=N/C#N)NC2CC2)CC1. The van der Waals surface area contributed by atoms with Crippen molar-refractivity contribution in [2.45, 2.75) is 32.2 Å². The average molecular weight is 479 g/mol. The summed E-state index contributed by atoms with van der Waals surface area (Å²) in [5, 5.41) is 35.0. The number of hydroxylamine groups is 2. The number of hydrogen-bond acceptors (Lipinski definition) is 8. The fraction of sp³-hybridized carbons (Fsp3) is 0.542. The van der Waals surface area contributed by atoms with Crippen LogP contribution in [0, 0.1) is 41.5 Å². The Morgan fingerprint density at radius 3 is 2.54 bits per heavy atom. The molecule has 0 bridgehead atoms. The summed E-state index contributed by atoms with van der Waals surface area (Å²) in [5.41, 5.74) is 2.69. The number of piperidine rings is 1. The third-order valence-electron chi connectivity index (χ3n) is 6.85. The molecule has 0 spiro atoms. The zero-order valence-electron chi connectivity index (χ0n) is 19.8. The number of carbonyl (C=O) groups excluding carboxylic acids is 2. The molecule has 1 aromatic carbocycles. The van der Waals surface area contributed by atoms with Crippen molar-refractivity contribution in [3.8, 4) is 12.3 Å². The monoisotopic (exact) mass is 478 g/mol. The molecule has 2 heterocycles. The number of nitrogens with one attached hydrogen (secondary N) is 2. The summed E-state index contributed by atoms with van der Waals surface area (Å²) in [5.74, 6) is -2.26. The number of aliphatic imine (C=N–C) groups is 1. The normalized spacial score (nSPS) is 22.7. The molecule has 1 aromatic rings. The average Bonchev–Trinajstić information content (AvgIpc) is 3.71. The van der Waals surface area contributed by atoms with E-state index in [2.05, 4.69) is 26.6 Å². The minimum absolute atomic E-state index is 0.0856. The molecule has 0 unspecified atom stereocenters. The van der Waals surface area contributed by atoms with Crippen LogP contribution in [0.5, 0.6) is 0 Å². The number of carbonyl (C=O) groups is 2. The molecular weight excluding hydrogens is 448 g/mol. The maximum Gasteiger partial charge on any atom is 0.258 e. The predicted octanol–water partition coefficient (Wildman–Crippen LogP) is 0.548. The molecule has 184 valence electrons. The van der Waals surface area contributed by atoms with Gasteiger partial charge >= 0.3 is 0 Å². The first-order valence-corrected chi connectivity index (χ1v) is 11.9. The van der Waals surface area contributed by atoms with Crippen molar-refractivity contribution in [3.05, 3.63) is 29.3 Å². The van der Waals surface area contributed by atoms with E-state index in [1.54, 1.807) is 17.2 Å². The Morgan fingerprint density at radius 1 is 1.17 bits per heavy atom. The summed E-state index contributed by atoms with van der Waals surface area (Å²) in [7, 11) is 0. The maximum atomic E-state index is 13.5. The van der Waals surface area contributed by atoms with Crippen molar-refractivity contribution >= 4 is 23.5 Å². The molecule has 2 atom stereocenters. The lowest BCUT2D eigenvalue weighted by Gasteiger charge is -2.40. The Morgan fingerprint density at radius 2 is 1.91 bits per heavy atom. The molecule has 11 heteroatoms. The number of nitrogens with zero attached hydrogens (tertiary/aromatic N) is 6. The third kappa shape index (κ3) is 5.53. The molecular formula is C24H30N8O3. The molecule has 0 aromatic heterocycles. The molecule has 11 nitrogen and oxygen atoms in total. The molecule has 2 amide bonds. The van der Waals surface area contributed by atoms with E-state index in [1.807, 2.05) is 19.1 Å². The van der Waals surface area contributed by atoms with Crippen LogP contribution in [0.3, 0.4) is 0 Å². The van der Waals surface area contributed by atoms with Gasteiger partial charge in [0.05, 0.1) is 23.5 Å². The quantitative estimate of drug-likeness (QED) is 0.187. The van der Waals surface area contributed by atoms with Crippen LogP contribution in [0.1, 0.15) is 30.4 Å².